The predicted octanol–water partition coefficient (Wildman–Crippen LogP) is 2.38. The molecule has 0 spiro atoms. The molecule has 3 nitrogen and oxygen atoms in total. The van der Waals surface area contributed by atoms with Gasteiger partial charge in [0.05, 0.1) is 6.61 Å². The minimum absolute atomic E-state index is 0.284. The van der Waals surface area contributed by atoms with E-state index in [9.17, 15) is 0 Å². The second kappa shape index (κ2) is 8.98. The monoisotopic (exact) mass is 288 g/mol. The number of aliphatic hydroxyl groups excluding tert-OH is 1. The molecule has 1 fully saturated rings. The lowest BCUT2D eigenvalue weighted by molar-refractivity contribution is 0.147. The molecule has 0 aromatic heterocycles. The molecule has 0 atom stereocenters. The van der Waals surface area contributed by atoms with E-state index in [2.05, 4.69) is 47.5 Å². The summed E-state index contributed by atoms with van der Waals surface area (Å²) in [6, 6.07) is 10.5. The second-order valence-corrected chi connectivity index (χ2v) is 6.04. The molecule has 0 aliphatic carbocycles. The smallest absolute Gasteiger partial charge is 0.0558 e. The maximum Gasteiger partial charge on any atom is 0.0558 e. The molecular formula is C18H28N2O. The summed E-state index contributed by atoms with van der Waals surface area (Å²) >= 11 is 0. The van der Waals surface area contributed by atoms with Gasteiger partial charge in [-0.15, -0.1) is 0 Å². The standard InChI is InChI=1S/C18H28N2O/c1-16(13-17-5-3-2-4-6-17)14-19-15-18-7-9-20(10-8-18)11-12-21/h2-6,13,18-19,21H,7-12,14-15H2,1H3/b16-13-. The summed E-state index contributed by atoms with van der Waals surface area (Å²) in [6.07, 6.45) is 4.74. The predicted molar refractivity (Wildman–Crippen MR) is 89.2 cm³/mol. The average Bonchev–Trinajstić information content (AvgIpc) is 2.50. The van der Waals surface area contributed by atoms with Crippen LogP contribution in [-0.2, 0) is 0 Å². The Morgan fingerprint density at radius 1 is 1.29 bits per heavy atom. The van der Waals surface area contributed by atoms with Crippen molar-refractivity contribution in [3.05, 3.63) is 41.5 Å². The van der Waals surface area contributed by atoms with E-state index in [1.165, 1.54) is 24.0 Å². The molecule has 1 aliphatic heterocycles. The summed E-state index contributed by atoms with van der Waals surface area (Å²) < 4.78 is 0. The molecule has 1 heterocycles. The van der Waals surface area contributed by atoms with Crippen molar-refractivity contribution in [2.75, 3.05) is 39.3 Å². The summed E-state index contributed by atoms with van der Waals surface area (Å²) in [4.78, 5) is 2.36. The van der Waals surface area contributed by atoms with Gasteiger partial charge in [0.25, 0.3) is 0 Å². The van der Waals surface area contributed by atoms with Gasteiger partial charge in [-0.25, -0.2) is 0 Å². The number of benzene rings is 1. The zero-order chi connectivity index (χ0) is 14.9. The van der Waals surface area contributed by atoms with Crippen molar-refractivity contribution in [1.82, 2.24) is 10.2 Å². The van der Waals surface area contributed by atoms with E-state index >= 15 is 0 Å². The van der Waals surface area contributed by atoms with Gasteiger partial charge in [-0.05, 0) is 50.9 Å². The summed E-state index contributed by atoms with van der Waals surface area (Å²) in [5.74, 6) is 0.782. The Labute approximate surface area is 128 Å². The van der Waals surface area contributed by atoms with Gasteiger partial charge in [0.1, 0.15) is 0 Å². The van der Waals surface area contributed by atoms with E-state index in [0.717, 1.165) is 38.6 Å². The Morgan fingerprint density at radius 2 is 2.00 bits per heavy atom. The van der Waals surface area contributed by atoms with Gasteiger partial charge in [-0.1, -0.05) is 42.0 Å². The first-order chi connectivity index (χ1) is 10.3. The Balaban J connectivity index is 1.65. The van der Waals surface area contributed by atoms with Gasteiger partial charge >= 0.3 is 0 Å². The highest BCUT2D eigenvalue weighted by Gasteiger charge is 2.17. The van der Waals surface area contributed by atoms with Crippen LogP contribution in [0.25, 0.3) is 6.08 Å². The first-order valence-electron chi connectivity index (χ1n) is 8.04. The molecular weight excluding hydrogens is 260 g/mol. The van der Waals surface area contributed by atoms with Crippen molar-refractivity contribution in [3.8, 4) is 0 Å². The number of rotatable bonds is 7. The number of nitrogens with zero attached hydrogens (tertiary/aromatic N) is 1. The summed E-state index contributed by atoms with van der Waals surface area (Å²) in [7, 11) is 0. The minimum atomic E-state index is 0.284. The van der Waals surface area contributed by atoms with Crippen LogP contribution in [-0.4, -0.2) is 49.3 Å². The third kappa shape index (κ3) is 6.00. The molecule has 0 radical (unpaired) electrons. The number of nitrogens with one attached hydrogen (secondary N) is 1. The number of likely N-dealkylation sites (tertiary alicyclic amines) is 1. The van der Waals surface area contributed by atoms with Crippen LogP contribution >= 0.6 is 0 Å². The Morgan fingerprint density at radius 3 is 2.67 bits per heavy atom. The highest BCUT2D eigenvalue weighted by molar-refractivity contribution is 5.52. The number of piperidine rings is 1. The number of aliphatic hydroxyl groups is 1. The second-order valence-electron chi connectivity index (χ2n) is 6.04. The average molecular weight is 288 g/mol. The number of β-amino-alcohol motifs (C(OH)–C–C–N with tert-alkyl or cyclic N) is 1. The van der Waals surface area contributed by atoms with Crippen molar-refractivity contribution in [2.24, 2.45) is 5.92 Å². The number of hydrogen-bond donors (Lipinski definition) is 2. The summed E-state index contributed by atoms with van der Waals surface area (Å²) in [6.45, 7) is 7.63. The first kappa shape index (κ1) is 16.2. The fourth-order valence-electron chi connectivity index (χ4n) is 2.91. The molecule has 0 bridgehead atoms. The van der Waals surface area contributed by atoms with Crippen LogP contribution in [0.15, 0.2) is 35.9 Å². The van der Waals surface area contributed by atoms with E-state index in [-0.39, 0.29) is 6.61 Å². The van der Waals surface area contributed by atoms with Gasteiger partial charge in [0, 0.05) is 13.1 Å². The molecule has 2 N–H and O–H groups in total. The van der Waals surface area contributed by atoms with Crippen LogP contribution in [0.2, 0.25) is 0 Å². The molecule has 1 aliphatic rings. The normalized spacial score (nSPS) is 18.1. The van der Waals surface area contributed by atoms with Crippen LogP contribution in [0, 0.1) is 5.92 Å². The fraction of sp³-hybridized carbons (Fsp3) is 0.556. The molecule has 0 unspecified atom stereocenters. The highest BCUT2D eigenvalue weighted by Crippen LogP contribution is 2.16. The van der Waals surface area contributed by atoms with Crippen LogP contribution in [0.3, 0.4) is 0 Å². The SMILES string of the molecule is C/C(=C/c1ccccc1)CNCC1CCN(CCO)CC1. The maximum absolute atomic E-state index is 8.95. The first-order valence-corrected chi connectivity index (χ1v) is 8.04. The Kier molecular flexibility index (Phi) is 6.93. The fourth-order valence-corrected chi connectivity index (χ4v) is 2.91. The van der Waals surface area contributed by atoms with Gasteiger partial charge in [0.15, 0.2) is 0 Å². The molecule has 0 saturated carbocycles. The van der Waals surface area contributed by atoms with Crippen LogP contribution in [0.5, 0.6) is 0 Å². The van der Waals surface area contributed by atoms with E-state index in [1.807, 2.05) is 6.07 Å². The molecule has 3 heteroatoms. The third-order valence-electron chi connectivity index (χ3n) is 4.17. The Bertz CT molecular complexity index is 422. The molecule has 1 aromatic rings. The molecule has 0 amide bonds. The quantitative estimate of drug-likeness (QED) is 0.808. The van der Waals surface area contributed by atoms with Crippen molar-refractivity contribution in [1.29, 1.82) is 0 Å². The van der Waals surface area contributed by atoms with Gasteiger partial charge < -0.3 is 15.3 Å². The van der Waals surface area contributed by atoms with Gasteiger partial charge in [-0.2, -0.15) is 0 Å². The van der Waals surface area contributed by atoms with Crippen LogP contribution in [0.1, 0.15) is 25.3 Å². The van der Waals surface area contributed by atoms with Crippen LogP contribution < -0.4 is 5.32 Å². The lowest BCUT2D eigenvalue weighted by Crippen LogP contribution is -2.38. The molecule has 116 valence electrons. The van der Waals surface area contributed by atoms with Crippen molar-refractivity contribution in [2.45, 2.75) is 19.8 Å². The van der Waals surface area contributed by atoms with Crippen molar-refractivity contribution < 1.29 is 5.11 Å². The molecule has 1 aromatic carbocycles. The minimum Gasteiger partial charge on any atom is -0.395 e. The number of hydrogen-bond acceptors (Lipinski definition) is 3. The molecule has 1 saturated heterocycles. The van der Waals surface area contributed by atoms with E-state index in [0.29, 0.717) is 0 Å². The third-order valence-corrected chi connectivity index (χ3v) is 4.17. The van der Waals surface area contributed by atoms with E-state index < -0.39 is 0 Å². The van der Waals surface area contributed by atoms with E-state index in [1.54, 1.807) is 0 Å². The van der Waals surface area contributed by atoms with E-state index in [4.69, 9.17) is 5.11 Å². The zero-order valence-electron chi connectivity index (χ0n) is 13.1. The molecule has 2 rings (SSSR count). The van der Waals surface area contributed by atoms with Gasteiger partial charge in [0.2, 0.25) is 0 Å². The largest absolute Gasteiger partial charge is 0.395 e. The van der Waals surface area contributed by atoms with Crippen molar-refractivity contribution in [3.63, 3.8) is 0 Å². The lowest BCUT2D eigenvalue weighted by atomic mass is 9.97. The molecule has 21 heavy (non-hydrogen) atoms. The maximum atomic E-state index is 8.95. The highest BCUT2D eigenvalue weighted by atomic mass is 16.3. The summed E-state index contributed by atoms with van der Waals surface area (Å²) in [5, 5.41) is 12.5. The lowest BCUT2D eigenvalue weighted by Gasteiger charge is -2.31. The Hall–Kier alpha value is -1.16. The zero-order valence-corrected chi connectivity index (χ0v) is 13.1. The topological polar surface area (TPSA) is 35.5 Å². The van der Waals surface area contributed by atoms with Crippen LogP contribution in [0.4, 0.5) is 0 Å². The summed E-state index contributed by atoms with van der Waals surface area (Å²) in [5.41, 5.74) is 2.65. The van der Waals surface area contributed by atoms with Gasteiger partial charge in [-0.3, -0.25) is 0 Å². The van der Waals surface area contributed by atoms with Crippen molar-refractivity contribution >= 4 is 6.08 Å².